The van der Waals surface area contributed by atoms with Crippen LogP contribution in [-0.4, -0.2) is 75.8 Å². The number of aliphatic hydroxyl groups is 1. The molecule has 196 valence electrons. The first-order chi connectivity index (χ1) is 17.5. The van der Waals surface area contributed by atoms with Crippen LogP contribution < -0.4 is 9.47 Å². The number of carbonyl (C=O) groups excluding carboxylic acids is 2. The van der Waals surface area contributed by atoms with Gasteiger partial charge in [-0.1, -0.05) is 0 Å². The molecule has 2 aromatic rings. The van der Waals surface area contributed by atoms with E-state index in [-0.39, 0.29) is 50.0 Å². The summed E-state index contributed by atoms with van der Waals surface area (Å²) in [6, 6.07) is 3.81. The molecule has 2 aliphatic rings. The van der Waals surface area contributed by atoms with Crippen LogP contribution in [-0.2, 0) is 27.9 Å². The molecule has 1 N–H and O–H groups in total. The monoisotopic (exact) mass is 502 g/mol. The van der Waals surface area contributed by atoms with Crippen molar-refractivity contribution in [3.05, 3.63) is 24.0 Å². The summed E-state index contributed by atoms with van der Waals surface area (Å²) in [5.74, 6) is 0.694. The Bertz CT molecular complexity index is 1040. The van der Waals surface area contributed by atoms with Gasteiger partial charge in [0.2, 0.25) is 0 Å². The molecule has 2 fully saturated rings. The van der Waals surface area contributed by atoms with Crippen molar-refractivity contribution in [2.45, 2.75) is 69.8 Å². The lowest BCUT2D eigenvalue weighted by Crippen LogP contribution is -2.41. The third-order valence-corrected chi connectivity index (χ3v) is 6.86. The molecule has 0 radical (unpaired) electrons. The lowest BCUT2D eigenvalue weighted by Gasteiger charge is -2.33. The van der Waals surface area contributed by atoms with E-state index in [1.807, 2.05) is 0 Å². The molecule has 36 heavy (non-hydrogen) atoms. The standard InChI is InChI=1S/C25H34N4O7/c1-28(17-5-3-6-17)25(32)34-15-22-20(14-26-29(22)2)21-9-10-23(24(27-21)33-12-11-30)36-19-8-4-7-18(13-19)35-16-31/h9-10,14,16-19,30H,3-8,11-13,15H2,1-2H3/t18-,19-/m0/s1. The molecule has 2 aliphatic carbocycles. The molecule has 11 heteroatoms. The lowest BCUT2D eigenvalue weighted by molar-refractivity contribution is -0.136. The van der Waals surface area contributed by atoms with Crippen LogP contribution in [0, 0.1) is 0 Å². The van der Waals surface area contributed by atoms with Crippen molar-refractivity contribution in [2.24, 2.45) is 7.05 Å². The van der Waals surface area contributed by atoms with Gasteiger partial charge in [-0.15, -0.1) is 0 Å². The zero-order valence-electron chi connectivity index (χ0n) is 20.8. The maximum atomic E-state index is 12.5. The zero-order valence-corrected chi connectivity index (χ0v) is 20.8. The quantitative estimate of drug-likeness (QED) is 0.462. The third-order valence-electron chi connectivity index (χ3n) is 6.86. The van der Waals surface area contributed by atoms with Gasteiger partial charge >= 0.3 is 6.09 Å². The van der Waals surface area contributed by atoms with E-state index in [0.29, 0.717) is 35.6 Å². The minimum Gasteiger partial charge on any atom is -0.485 e. The van der Waals surface area contributed by atoms with E-state index in [9.17, 15) is 14.7 Å². The van der Waals surface area contributed by atoms with Crippen molar-refractivity contribution >= 4 is 12.6 Å². The van der Waals surface area contributed by atoms with Crippen molar-refractivity contribution in [1.82, 2.24) is 19.7 Å². The Morgan fingerprint density at radius 3 is 2.72 bits per heavy atom. The van der Waals surface area contributed by atoms with Gasteiger partial charge in [-0.05, 0) is 50.7 Å². The maximum absolute atomic E-state index is 12.5. The van der Waals surface area contributed by atoms with Crippen LogP contribution in [0.1, 0.15) is 50.6 Å². The van der Waals surface area contributed by atoms with Gasteiger partial charge in [0, 0.05) is 32.1 Å². The molecule has 2 aromatic heterocycles. The fraction of sp³-hybridized carbons (Fsp3) is 0.600. The van der Waals surface area contributed by atoms with Gasteiger partial charge in [-0.25, -0.2) is 9.78 Å². The minimum atomic E-state index is -0.361. The van der Waals surface area contributed by atoms with Crippen molar-refractivity contribution in [2.75, 3.05) is 20.3 Å². The number of aromatic nitrogens is 3. The van der Waals surface area contributed by atoms with Gasteiger partial charge in [0.15, 0.2) is 5.75 Å². The van der Waals surface area contributed by atoms with Crippen LogP contribution >= 0.6 is 0 Å². The Kier molecular flexibility index (Phi) is 8.63. The maximum Gasteiger partial charge on any atom is 0.410 e. The molecule has 0 unspecified atom stereocenters. The zero-order chi connectivity index (χ0) is 25.5. The van der Waals surface area contributed by atoms with Crippen LogP contribution in [0.25, 0.3) is 11.3 Å². The number of aliphatic hydroxyl groups excluding tert-OH is 1. The molecule has 0 aromatic carbocycles. The molecule has 0 spiro atoms. The molecule has 11 nitrogen and oxygen atoms in total. The number of aryl methyl sites for hydroxylation is 1. The molecule has 4 rings (SSSR count). The Hall–Kier alpha value is -3.34. The summed E-state index contributed by atoms with van der Waals surface area (Å²) < 4.78 is 24.2. The average Bonchev–Trinajstić information content (AvgIpc) is 3.21. The SMILES string of the molecule is CN(C(=O)OCc1c(-c2ccc(O[C@H]3CCC[C@H](OC=O)C3)c(OCCO)n2)cnn1C)C1CCC1. The highest BCUT2D eigenvalue weighted by atomic mass is 16.6. The highest BCUT2D eigenvalue weighted by Crippen LogP contribution is 2.34. The van der Waals surface area contributed by atoms with Gasteiger partial charge in [-0.3, -0.25) is 9.48 Å². The predicted molar refractivity (Wildman–Crippen MR) is 128 cm³/mol. The first-order valence-electron chi connectivity index (χ1n) is 12.4. The highest BCUT2D eigenvalue weighted by molar-refractivity contribution is 5.68. The number of ether oxygens (including phenoxy) is 4. The Labute approximate surface area is 210 Å². The number of rotatable bonds is 11. The van der Waals surface area contributed by atoms with Gasteiger partial charge in [0.05, 0.1) is 24.2 Å². The summed E-state index contributed by atoms with van der Waals surface area (Å²) in [5.41, 5.74) is 1.97. The van der Waals surface area contributed by atoms with E-state index >= 15 is 0 Å². The Morgan fingerprint density at radius 1 is 1.22 bits per heavy atom. The van der Waals surface area contributed by atoms with E-state index < -0.39 is 0 Å². The van der Waals surface area contributed by atoms with E-state index in [1.54, 1.807) is 42.0 Å². The van der Waals surface area contributed by atoms with Crippen molar-refractivity contribution in [3.8, 4) is 22.9 Å². The summed E-state index contributed by atoms with van der Waals surface area (Å²) in [5, 5.41) is 13.6. The third kappa shape index (κ3) is 6.07. The Morgan fingerprint density at radius 2 is 2.00 bits per heavy atom. The number of carbonyl (C=O) groups is 2. The van der Waals surface area contributed by atoms with Gasteiger partial charge in [-0.2, -0.15) is 5.10 Å². The number of nitrogens with zero attached hydrogens (tertiary/aromatic N) is 4. The van der Waals surface area contributed by atoms with Gasteiger partial charge < -0.3 is 29.0 Å². The van der Waals surface area contributed by atoms with Gasteiger partial charge in [0.25, 0.3) is 12.4 Å². The summed E-state index contributed by atoms with van der Waals surface area (Å²) in [6.07, 6.45) is 7.25. The number of hydrogen-bond acceptors (Lipinski definition) is 9. The van der Waals surface area contributed by atoms with E-state index in [4.69, 9.17) is 18.9 Å². The van der Waals surface area contributed by atoms with E-state index in [0.717, 1.165) is 38.5 Å². The number of hydrogen-bond donors (Lipinski definition) is 1. The van der Waals surface area contributed by atoms with Crippen LogP contribution in [0.15, 0.2) is 18.3 Å². The Balaban J connectivity index is 1.50. The van der Waals surface area contributed by atoms with E-state index in [2.05, 4.69) is 10.1 Å². The van der Waals surface area contributed by atoms with Crippen molar-refractivity contribution in [3.63, 3.8) is 0 Å². The smallest absolute Gasteiger partial charge is 0.410 e. The summed E-state index contributed by atoms with van der Waals surface area (Å²) >= 11 is 0. The minimum absolute atomic E-state index is 0.0503. The molecule has 0 saturated heterocycles. The molecule has 0 bridgehead atoms. The molecule has 0 aliphatic heterocycles. The number of pyridine rings is 1. The summed E-state index contributed by atoms with van der Waals surface area (Å²) in [6.45, 7) is 0.411. The molecule has 1 amide bonds. The number of amides is 1. The first kappa shape index (κ1) is 25.7. The van der Waals surface area contributed by atoms with Crippen LogP contribution in [0.2, 0.25) is 0 Å². The topological polar surface area (TPSA) is 125 Å². The molecular weight excluding hydrogens is 468 g/mol. The van der Waals surface area contributed by atoms with E-state index in [1.165, 1.54) is 0 Å². The second-order valence-electron chi connectivity index (χ2n) is 9.21. The lowest BCUT2D eigenvalue weighted by atomic mass is 9.92. The average molecular weight is 503 g/mol. The molecule has 2 atom stereocenters. The summed E-state index contributed by atoms with van der Waals surface area (Å²) in [7, 11) is 3.55. The predicted octanol–water partition coefficient (Wildman–Crippen LogP) is 2.84. The normalized spacial score (nSPS) is 19.8. The van der Waals surface area contributed by atoms with Crippen LogP contribution in [0.3, 0.4) is 0 Å². The van der Waals surface area contributed by atoms with Crippen LogP contribution in [0.4, 0.5) is 4.79 Å². The van der Waals surface area contributed by atoms with Crippen LogP contribution in [0.5, 0.6) is 11.6 Å². The molecule has 2 saturated carbocycles. The fourth-order valence-corrected chi connectivity index (χ4v) is 4.51. The fourth-order valence-electron chi connectivity index (χ4n) is 4.51. The van der Waals surface area contributed by atoms with Gasteiger partial charge in [0.1, 0.15) is 25.4 Å². The highest BCUT2D eigenvalue weighted by Gasteiger charge is 2.28. The van der Waals surface area contributed by atoms with Crippen molar-refractivity contribution < 1.29 is 33.6 Å². The molecular formula is C25H34N4O7. The second-order valence-corrected chi connectivity index (χ2v) is 9.21. The summed E-state index contributed by atoms with van der Waals surface area (Å²) in [4.78, 5) is 29.5. The first-order valence-corrected chi connectivity index (χ1v) is 12.4. The van der Waals surface area contributed by atoms with Crippen molar-refractivity contribution in [1.29, 1.82) is 0 Å². The second kappa shape index (κ2) is 12.1. The molecule has 2 heterocycles. The largest absolute Gasteiger partial charge is 0.485 e.